The zero-order valence-electron chi connectivity index (χ0n) is 15.7. The first-order chi connectivity index (χ1) is 12.5. The molecule has 1 heterocycles. The fourth-order valence-corrected chi connectivity index (χ4v) is 2.52. The Morgan fingerprint density at radius 3 is 2.19 bits per heavy atom. The van der Waals surface area contributed by atoms with E-state index in [2.05, 4.69) is 26.2 Å². The van der Waals surface area contributed by atoms with E-state index in [-0.39, 0.29) is 0 Å². The smallest absolute Gasteiger partial charge is 0.355 e. The van der Waals surface area contributed by atoms with Gasteiger partial charge in [-0.3, -0.25) is 10.6 Å². The van der Waals surface area contributed by atoms with Crippen molar-refractivity contribution in [2.75, 3.05) is 31.5 Å². The van der Waals surface area contributed by atoms with Crippen molar-refractivity contribution in [1.29, 1.82) is 0 Å². The van der Waals surface area contributed by atoms with Gasteiger partial charge < -0.3 is 16.8 Å². The summed E-state index contributed by atoms with van der Waals surface area (Å²) in [4.78, 5) is 0. The van der Waals surface area contributed by atoms with Gasteiger partial charge in [-0.1, -0.05) is 5.11 Å². The van der Waals surface area contributed by atoms with Crippen molar-refractivity contribution >= 4 is 17.3 Å². The van der Waals surface area contributed by atoms with Gasteiger partial charge in [-0.25, -0.2) is 9.13 Å². The molecule has 1 aromatic heterocycles. The first kappa shape index (κ1) is 20.0. The topological polar surface area (TPSA) is 122 Å². The summed E-state index contributed by atoms with van der Waals surface area (Å²) in [6.45, 7) is 4.48. The minimum Gasteiger partial charge on any atom is -0.355 e. The van der Waals surface area contributed by atoms with E-state index < -0.39 is 5.79 Å². The van der Waals surface area contributed by atoms with Crippen LogP contribution in [-0.2, 0) is 14.1 Å². The van der Waals surface area contributed by atoms with Gasteiger partial charge in [0.2, 0.25) is 0 Å². The number of imidazole rings is 1. The van der Waals surface area contributed by atoms with E-state index >= 15 is 0 Å². The number of benzene rings is 1. The van der Waals surface area contributed by atoms with Crippen molar-refractivity contribution in [2.24, 2.45) is 35.8 Å². The summed E-state index contributed by atoms with van der Waals surface area (Å²) >= 11 is 0. The molecule has 0 aliphatic rings. The van der Waals surface area contributed by atoms with Crippen LogP contribution in [0.4, 0.5) is 17.3 Å². The summed E-state index contributed by atoms with van der Waals surface area (Å²) in [6, 6.07) is 7.76. The molecule has 1 aromatic carbocycles. The van der Waals surface area contributed by atoms with Crippen LogP contribution in [0.3, 0.4) is 0 Å². The monoisotopic (exact) mass is 360 g/mol. The molecule has 142 valence electrons. The van der Waals surface area contributed by atoms with E-state index in [0.29, 0.717) is 26.2 Å². The van der Waals surface area contributed by atoms with Gasteiger partial charge in [-0.2, -0.15) is 0 Å². The highest BCUT2D eigenvalue weighted by molar-refractivity contribution is 5.51. The van der Waals surface area contributed by atoms with Crippen molar-refractivity contribution in [3.05, 3.63) is 36.7 Å². The lowest BCUT2D eigenvalue weighted by atomic mass is 10.2. The molecular formula is C17H30N9+. The Hall–Kier alpha value is -2.33. The molecule has 0 unspecified atom stereocenters. The number of nitrogens with zero attached hydrogens (tertiary/aromatic N) is 4. The molecule has 0 aliphatic carbocycles. The number of anilines is 1. The lowest BCUT2D eigenvalue weighted by molar-refractivity contribution is -0.657. The minimum absolute atomic E-state index is 0.501. The summed E-state index contributed by atoms with van der Waals surface area (Å²) in [7, 11) is 3.87. The van der Waals surface area contributed by atoms with Crippen molar-refractivity contribution in [1.82, 2.24) is 15.2 Å². The number of rotatable bonds is 10. The van der Waals surface area contributed by atoms with Crippen LogP contribution in [0.2, 0.25) is 0 Å². The molecule has 0 fully saturated rings. The van der Waals surface area contributed by atoms with Gasteiger partial charge >= 0.3 is 5.95 Å². The van der Waals surface area contributed by atoms with Crippen LogP contribution in [0.5, 0.6) is 0 Å². The van der Waals surface area contributed by atoms with Crippen molar-refractivity contribution in [2.45, 2.75) is 12.7 Å². The number of aryl methyl sites for hydroxylation is 2. The maximum Gasteiger partial charge on any atom is 0.421 e. The summed E-state index contributed by atoms with van der Waals surface area (Å²) in [5, 5.41) is 18.7. The maximum atomic E-state index is 5.60. The van der Waals surface area contributed by atoms with Crippen molar-refractivity contribution < 1.29 is 4.57 Å². The second-order valence-corrected chi connectivity index (χ2v) is 6.25. The van der Waals surface area contributed by atoms with Gasteiger partial charge in [-0.15, -0.1) is 0 Å². The lowest BCUT2D eigenvalue weighted by Crippen LogP contribution is -2.62. The Kier molecular flexibility index (Phi) is 7.22. The molecule has 0 saturated carbocycles. The summed E-state index contributed by atoms with van der Waals surface area (Å²) in [5.41, 5.74) is 12.9. The second kappa shape index (κ2) is 9.39. The maximum absolute atomic E-state index is 5.60. The molecule has 9 nitrogen and oxygen atoms in total. The van der Waals surface area contributed by atoms with Crippen molar-refractivity contribution in [3.8, 4) is 0 Å². The van der Waals surface area contributed by atoms with E-state index in [1.54, 1.807) is 0 Å². The molecule has 0 amide bonds. The predicted molar refractivity (Wildman–Crippen MR) is 103 cm³/mol. The molecule has 2 rings (SSSR count). The molecule has 0 spiro atoms. The normalized spacial score (nSPS) is 12.0. The van der Waals surface area contributed by atoms with E-state index in [4.69, 9.17) is 11.5 Å². The molecular weight excluding hydrogens is 330 g/mol. The highest BCUT2D eigenvalue weighted by Gasteiger charge is 2.21. The predicted octanol–water partition coefficient (Wildman–Crippen LogP) is 0.447. The van der Waals surface area contributed by atoms with Gasteiger partial charge in [0.1, 0.15) is 11.5 Å². The van der Waals surface area contributed by atoms with Crippen LogP contribution in [0.25, 0.3) is 0 Å². The third-order valence-corrected chi connectivity index (χ3v) is 3.91. The SMILES string of the molecule is Cn1cc[n+](C)c1N=Nc1ccc(NC(C)(NCCN)NCCN)cc1. The third kappa shape index (κ3) is 5.60. The largest absolute Gasteiger partial charge is 0.421 e. The van der Waals surface area contributed by atoms with E-state index in [9.17, 15) is 0 Å². The molecule has 2 aromatic rings. The number of nitrogens with two attached hydrogens (primary N) is 2. The Morgan fingerprint density at radius 1 is 1.08 bits per heavy atom. The molecule has 9 heteroatoms. The van der Waals surface area contributed by atoms with E-state index in [1.165, 1.54) is 0 Å². The fraction of sp³-hybridized carbons (Fsp3) is 0.471. The second-order valence-electron chi connectivity index (χ2n) is 6.25. The average molecular weight is 360 g/mol. The van der Waals surface area contributed by atoms with Gasteiger partial charge in [0.15, 0.2) is 0 Å². The number of azo groups is 1. The summed E-state index contributed by atoms with van der Waals surface area (Å²) < 4.78 is 3.83. The minimum atomic E-state index is -0.501. The van der Waals surface area contributed by atoms with Crippen molar-refractivity contribution in [3.63, 3.8) is 0 Å². The zero-order chi connectivity index (χ0) is 19.0. The summed E-state index contributed by atoms with van der Waals surface area (Å²) in [6.07, 6.45) is 3.87. The van der Waals surface area contributed by atoms with Gasteiger partial charge in [-0.05, 0) is 31.2 Å². The zero-order valence-corrected chi connectivity index (χ0v) is 15.7. The molecule has 0 aliphatic heterocycles. The standard InChI is InChI=1S/C17H29N9/c1-17(20-10-8-18,21-11-9-19)22-14-4-6-15(7-5-14)23-24-16-25(2)12-13-26(16)3/h4-7,12-13,20-21H,8-11,18-19H2,1-3H3/p+1. The highest BCUT2D eigenvalue weighted by atomic mass is 15.3. The Balaban J connectivity index is 2.05. The molecule has 26 heavy (non-hydrogen) atoms. The van der Waals surface area contributed by atoms with Gasteiger partial charge in [0, 0.05) is 37.0 Å². The Bertz CT molecular complexity index is 678. The summed E-state index contributed by atoms with van der Waals surface area (Å²) in [5.74, 6) is 0.273. The lowest BCUT2D eigenvalue weighted by Gasteiger charge is -2.34. The van der Waals surface area contributed by atoms with E-state index in [1.807, 2.05) is 66.8 Å². The molecule has 7 N–H and O–H groups in total. The first-order valence-corrected chi connectivity index (χ1v) is 8.68. The average Bonchev–Trinajstić information content (AvgIpc) is 2.96. The van der Waals surface area contributed by atoms with E-state index in [0.717, 1.165) is 17.3 Å². The Labute approximate surface area is 154 Å². The van der Waals surface area contributed by atoms with Crippen LogP contribution < -0.4 is 32.0 Å². The van der Waals surface area contributed by atoms with Gasteiger partial charge in [0.25, 0.3) is 0 Å². The molecule has 0 atom stereocenters. The molecule has 0 radical (unpaired) electrons. The first-order valence-electron chi connectivity index (χ1n) is 8.68. The molecule has 0 saturated heterocycles. The Morgan fingerprint density at radius 2 is 1.69 bits per heavy atom. The van der Waals surface area contributed by atoms with Crippen LogP contribution in [0.15, 0.2) is 46.9 Å². The van der Waals surface area contributed by atoms with Crippen LogP contribution in [0.1, 0.15) is 6.92 Å². The quantitative estimate of drug-likeness (QED) is 0.239. The molecule has 0 bridgehead atoms. The number of aromatic nitrogens is 2. The number of nitrogens with one attached hydrogen (secondary N) is 3. The number of hydrogen-bond acceptors (Lipinski definition) is 7. The fourth-order valence-electron chi connectivity index (χ4n) is 2.52. The number of hydrogen-bond donors (Lipinski definition) is 5. The van der Waals surface area contributed by atoms with Crippen LogP contribution in [0, 0.1) is 0 Å². The van der Waals surface area contributed by atoms with Crippen LogP contribution >= 0.6 is 0 Å². The third-order valence-electron chi connectivity index (χ3n) is 3.91. The van der Waals surface area contributed by atoms with Gasteiger partial charge in [0.05, 0.1) is 26.5 Å². The highest BCUT2D eigenvalue weighted by Crippen LogP contribution is 2.20. The van der Waals surface area contributed by atoms with Crippen LogP contribution in [-0.4, -0.2) is 36.5 Å².